The summed E-state index contributed by atoms with van der Waals surface area (Å²) in [7, 11) is -3.46. The monoisotopic (exact) mass is 408 g/mol. The third-order valence-corrected chi connectivity index (χ3v) is 7.40. The Bertz CT molecular complexity index is 1160. The van der Waals surface area contributed by atoms with Crippen LogP contribution in [0.25, 0.3) is 10.8 Å². The quantitative estimate of drug-likeness (QED) is 0.653. The van der Waals surface area contributed by atoms with Crippen molar-refractivity contribution in [2.45, 2.75) is 30.6 Å². The minimum atomic E-state index is -3.46. The summed E-state index contributed by atoms with van der Waals surface area (Å²) in [4.78, 5) is 19.7. The topological polar surface area (TPSA) is 67.3 Å². The number of likely N-dealkylation sites (tertiary alicyclic amines) is 1. The second-order valence-corrected chi connectivity index (χ2v) is 9.69. The molecule has 0 spiro atoms. The van der Waals surface area contributed by atoms with E-state index in [4.69, 9.17) is 0 Å². The van der Waals surface area contributed by atoms with Gasteiger partial charge in [-0.3, -0.25) is 9.78 Å². The lowest BCUT2D eigenvalue weighted by molar-refractivity contribution is 0.0702. The van der Waals surface area contributed by atoms with Crippen molar-refractivity contribution in [1.29, 1.82) is 0 Å². The van der Waals surface area contributed by atoms with Gasteiger partial charge in [0.1, 0.15) is 0 Å². The number of aromatic nitrogens is 1. The number of carbonyl (C=O) groups excluding carboxylic acids is 1. The number of sulfone groups is 1. The average molecular weight is 409 g/mol. The second-order valence-electron chi connectivity index (χ2n) is 7.45. The van der Waals surface area contributed by atoms with Crippen molar-refractivity contribution in [2.75, 3.05) is 18.8 Å². The lowest BCUT2D eigenvalue weighted by Gasteiger charge is -2.33. The number of nitrogens with zero attached hydrogens (tertiary/aromatic N) is 2. The Morgan fingerprint density at radius 3 is 2.62 bits per heavy atom. The Morgan fingerprint density at radius 2 is 1.83 bits per heavy atom. The van der Waals surface area contributed by atoms with Gasteiger partial charge in [0.2, 0.25) is 0 Å². The fourth-order valence-corrected chi connectivity index (χ4v) is 5.05. The number of fused-ring (bicyclic) bond motifs is 1. The highest BCUT2D eigenvalue weighted by atomic mass is 32.2. The maximum absolute atomic E-state index is 13.2. The molecule has 0 bridgehead atoms. The molecule has 0 radical (unpaired) electrons. The SMILES string of the molecule is CCS(=O)(=O)c1ccccc1C(=O)N1CCCC(c2cc3ccccc3cn2)C1. The minimum absolute atomic E-state index is 0.0269. The molecular weight excluding hydrogens is 384 g/mol. The summed E-state index contributed by atoms with van der Waals surface area (Å²) in [5, 5.41) is 2.24. The van der Waals surface area contributed by atoms with E-state index in [-0.39, 0.29) is 28.0 Å². The summed E-state index contributed by atoms with van der Waals surface area (Å²) in [6.07, 6.45) is 3.71. The number of rotatable bonds is 4. The summed E-state index contributed by atoms with van der Waals surface area (Å²) < 4.78 is 24.9. The first-order valence-electron chi connectivity index (χ1n) is 9.95. The molecule has 1 aliphatic rings. The number of amides is 1. The van der Waals surface area contributed by atoms with Gasteiger partial charge in [-0.1, -0.05) is 43.3 Å². The van der Waals surface area contributed by atoms with Crippen LogP contribution in [0.1, 0.15) is 41.7 Å². The van der Waals surface area contributed by atoms with E-state index in [1.54, 1.807) is 30.0 Å². The molecule has 1 unspecified atom stereocenters. The molecule has 0 N–H and O–H groups in total. The van der Waals surface area contributed by atoms with Crippen LogP contribution in [0.5, 0.6) is 0 Å². The van der Waals surface area contributed by atoms with Crippen LogP contribution in [0, 0.1) is 0 Å². The molecule has 1 aliphatic heterocycles. The maximum atomic E-state index is 13.2. The number of benzene rings is 2. The molecule has 1 aromatic heterocycles. The first-order chi connectivity index (χ1) is 14.0. The summed E-state index contributed by atoms with van der Waals surface area (Å²) in [5.74, 6) is -0.101. The van der Waals surface area contributed by atoms with Crippen LogP contribution in [0.4, 0.5) is 0 Å². The van der Waals surface area contributed by atoms with E-state index in [1.807, 2.05) is 24.4 Å². The van der Waals surface area contributed by atoms with Crippen LogP contribution in [0.3, 0.4) is 0 Å². The molecule has 0 saturated carbocycles. The number of hydrogen-bond donors (Lipinski definition) is 0. The number of hydrogen-bond acceptors (Lipinski definition) is 4. The van der Waals surface area contributed by atoms with Gasteiger partial charge in [0.15, 0.2) is 9.84 Å². The largest absolute Gasteiger partial charge is 0.338 e. The third-order valence-electron chi connectivity index (χ3n) is 5.61. The maximum Gasteiger partial charge on any atom is 0.255 e. The van der Waals surface area contributed by atoms with Gasteiger partial charge in [-0.05, 0) is 36.4 Å². The summed E-state index contributed by atoms with van der Waals surface area (Å²) in [5.41, 5.74) is 1.25. The predicted molar refractivity (Wildman–Crippen MR) is 114 cm³/mol. The Hall–Kier alpha value is -2.73. The van der Waals surface area contributed by atoms with Crippen molar-refractivity contribution in [3.63, 3.8) is 0 Å². The zero-order valence-electron chi connectivity index (χ0n) is 16.4. The number of pyridine rings is 1. The molecule has 29 heavy (non-hydrogen) atoms. The van der Waals surface area contributed by atoms with E-state index >= 15 is 0 Å². The van der Waals surface area contributed by atoms with Crippen molar-refractivity contribution in [1.82, 2.24) is 9.88 Å². The summed E-state index contributed by atoms with van der Waals surface area (Å²) >= 11 is 0. The molecule has 2 heterocycles. The second kappa shape index (κ2) is 7.95. The molecule has 6 heteroatoms. The summed E-state index contributed by atoms with van der Waals surface area (Å²) in [6.45, 7) is 2.77. The standard InChI is InChI=1S/C23H24N2O3S/c1-2-29(27,28)22-12-6-5-11-20(22)23(26)25-13-7-10-19(16-25)21-14-17-8-3-4-9-18(17)15-24-21/h3-6,8-9,11-12,14-15,19H,2,7,10,13,16H2,1H3. The molecule has 1 atom stereocenters. The fraction of sp³-hybridized carbons (Fsp3) is 0.304. The Kier molecular flexibility index (Phi) is 5.37. The highest BCUT2D eigenvalue weighted by Crippen LogP contribution is 2.29. The Labute approximate surface area is 171 Å². The first kappa shape index (κ1) is 19.6. The van der Waals surface area contributed by atoms with Crippen molar-refractivity contribution in [3.8, 4) is 0 Å². The molecular formula is C23H24N2O3S. The van der Waals surface area contributed by atoms with Crippen LogP contribution in [0.15, 0.2) is 65.7 Å². The van der Waals surface area contributed by atoms with Gasteiger partial charge in [0.25, 0.3) is 5.91 Å². The highest BCUT2D eigenvalue weighted by Gasteiger charge is 2.29. The van der Waals surface area contributed by atoms with Crippen molar-refractivity contribution in [2.24, 2.45) is 0 Å². The van der Waals surface area contributed by atoms with Gasteiger partial charge in [-0.2, -0.15) is 0 Å². The molecule has 5 nitrogen and oxygen atoms in total. The van der Waals surface area contributed by atoms with Crippen LogP contribution >= 0.6 is 0 Å². The smallest absolute Gasteiger partial charge is 0.255 e. The zero-order valence-corrected chi connectivity index (χ0v) is 17.2. The van der Waals surface area contributed by atoms with E-state index in [2.05, 4.69) is 17.1 Å². The van der Waals surface area contributed by atoms with Crippen molar-refractivity contribution < 1.29 is 13.2 Å². The van der Waals surface area contributed by atoms with Crippen molar-refractivity contribution >= 4 is 26.5 Å². The average Bonchev–Trinajstić information content (AvgIpc) is 2.78. The number of carbonyl (C=O) groups is 1. The van der Waals surface area contributed by atoms with E-state index in [9.17, 15) is 13.2 Å². The lowest BCUT2D eigenvalue weighted by atomic mass is 9.93. The minimum Gasteiger partial charge on any atom is -0.338 e. The van der Waals surface area contributed by atoms with E-state index in [0.29, 0.717) is 13.1 Å². The van der Waals surface area contributed by atoms with Crippen LogP contribution in [0.2, 0.25) is 0 Å². The van der Waals surface area contributed by atoms with Crippen LogP contribution in [-0.2, 0) is 9.84 Å². The van der Waals surface area contributed by atoms with Gasteiger partial charge in [0.05, 0.1) is 16.2 Å². The third kappa shape index (κ3) is 3.90. The van der Waals surface area contributed by atoms with Crippen molar-refractivity contribution in [3.05, 3.63) is 72.1 Å². The van der Waals surface area contributed by atoms with Crippen LogP contribution in [-0.4, -0.2) is 43.1 Å². The molecule has 4 rings (SSSR count). The molecule has 1 saturated heterocycles. The molecule has 2 aromatic carbocycles. The molecule has 150 valence electrons. The number of piperidine rings is 1. The van der Waals surface area contributed by atoms with Gasteiger partial charge in [0, 0.05) is 36.3 Å². The highest BCUT2D eigenvalue weighted by molar-refractivity contribution is 7.91. The lowest BCUT2D eigenvalue weighted by Crippen LogP contribution is -2.39. The van der Waals surface area contributed by atoms with E-state index in [1.165, 1.54) is 6.07 Å². The molecule has 0 aliphatic carbocycles. The van der Waals surface area contributed by atoms with Gasteiger partial charge in [-0.25, -0.2) is 8.42 Å². The summed E-state index contributed by atoms with van der Waals surface area (Å²) in [6, 6.07) is 16.7. The Balaban J connectivity index is 1.61. The normalized spacial score (nSPS) is 17.4. The predicted octanol–water partition coefficient (Wildman–Crippen LogP) is 4.05. The Morgan fingerprint density at radius 1 is 1.10 bits per heavy atom. The fourth-order valence-electron chi connectivity index (χ4n) is 3.97. The first-order valence-corrected chi connectivity index (χ1v) is 11.6. The van der Waals surface area contributed by atoms with Gasteiger partial charge >= 0.3 is 0 Å². The van der Waals surface area contributed by atoms with Crippen LogP contribution < -0.4 is 0 Å². The van der Waals surface area contributed by atoms with E-state index < -0.39 is 9.84 Å². The molecule has 3 aromatic rings. The van der Waals surface area contributed by atoms with E-state index in [0.717, 1.165) is 29.3 Å². The van der Waals surface area contributed by atoms with Gasteiger partial charge < -0.3 is 4.90 Å². The zero-order chi connectivity index (χ0) is 20.4. The molecule has 1 fully saturated rings. The van der Waals surface area contributed by atoms with Gasteiger partial charge in [-0.15, -0.1) is 0 Å². The molecule has 1 amide bonds.